The number of carbonyl (C=O) groups is 1. The molecule has 0 bridgehead atoms. The second kappa shape index (κ2) is 8.57. The monoisotopic (exact) mass is 356 g/mol. The first-order valence-electron chi connectivity index (χ1n) is 7.54. The molecule has 0 N–H and O–H groups in total. The van der Waals surface area contributed by atoms with E-state index in [0.717, 1.165) is 22.6 Å². The molecular weight excluding hydrogens is 336 g/mol. The van der Waals surface area contributed by atoms with E-state index in [1.165, 1.54) is 11.8 Å². The second-order valence-corrected chi connectivity index (χ2v) is 6.84. The summed E-state index contributed by atoms with van der Waals surface area (Å²) in [7, 11) is 1.66. The lowest BCUT2D eigenvalue weighted by Crippen LogP contribution is -2.18. The minimum Gasteiger partial charge on any atom is -0.465 e. The van der Waals surface area contributed by atoms with E-state index in [1.54, 1.807) is 7.11 Å². The molecule has 0 amide bonds. The van der Waals surface area contributed by atoms with Crippen molar-refractivity contribution < 1.29 is 14.3 Å². The highest BCUT2D eigenvalue weighted by molar-refractivity contribution is 8.00. The van der Waals surface area contributed by atoms with E-state index in [9.17, 15) is 4.79 Å². The van der Waals surface area contributed by atoms with Gasteiger partial charge in [-0.25, -0.2) is 4.98 Å². The Bertz CT molecular complexity index is 675. The Labute approximate surface area is 145 Å². The Morgan fingerprint density at radius 1 is 1.43 bits per heavy atom. The number of esters is 1. The number of benzene rings is 1. The molecule has 1 heterocycles. The number of ether oxygens (including phenoxy) is 2. The zero-order valence-corrected chi connectivity index (χ0v) is 15.1. The van der Waals surface area contributed by atoms with Gasteiger partial charge in [0.2, 0.25) is 0 Å². The molecule has 2 rings (SSSR count). The second-order valence-electron chi connectivity index (χ2n) is 5.10. The Hall–Kier alpha value is -1.24. The fourth-order valence-corrected chi connectivity index (χ4v) is 3.21. The van der Waals surface area contributed by atoms with Gasteiger partial charge in [0.15, 0.2) is 5.16 Å². The molecule has 2 aromatic rings. The zero-order chi connectivity index (χ0) is 16.8. The van der Waals surface area contributed by atoms with Gasteiger partial charge in [-0.3, -0.25) is 4.79 Å². The number of hydrogen-bond acceptors (Lipinski definition) is 5. The van der Waals surface area contributed by atoms with Gasteiger partial charge in [-0.2, -0.15) is 0 Å². The van der Waals surface area contributed by atoms with E-state index >= 15 is 0 Å². The highest BCUT2D eigenvalue weighted by Gasteiger charge is 2.20. The van der Waals surface area contributed by atoms with Crippen molar-refractivity contribution in [3.05, 3.63) is 23.2 Å². The highest BCUT2D eigenvalue weighted by atomic mass is 35.5. The molecular formula is C16H21ClN2O3S. The number of nitrogens with zero attached hydrogens (tertiary/aromatic N) is 2. The van der Waals surface area contributed by atoms with Crippen LogP contribution in [0.4, 0.5) is 0 Å². The van der Waals surface area contributed by atoms with Crippen LogP contribution >= 0.6 is 23.4 Å². The number of aromatic nitrogens is 2. The molecule has 126 valence electrons. The first-order valence-corrected chi connectivity index (χ1v) is 8.80. The summed E-state index contributed by atoms with van der Waals surface area (Å²) in [5.41, 5.74) is 1.79. The van der Waals surface area contributed by atoms with Crippen LogP contribution in [0, 0.1) is 0 Å². The normalized spacial score (nSPS) is 12.5. The maximum absolute atomic E-state index is 12.0. The summed E-state index contributed by atoms with van der Waals surface area (Å²) in [6.45, 7) is 5.47. The van der Waals surface area contributed by atoms with Crippen LogP contribution in [-0.4, -0.2) is 41.1 Å². The van der Waals surface area contributed by atoms with Crippen LogP contribution in [0.25, 0.3) is 11.0 Å². The lowest BCUT2D eigenvalue weighted by molar-refractivity contribution is -0.142. The third-order valence-corrected chi connectivity index (χ3v) is 4.56. The largest absolute Gasteiger partial charge is 0.465 e. The summed E-state index contributed by atoms with van der Waals surface area (Å²) in [6, 6.07) is 5.59. The molecule has 1 aromatic heterocycles. The summed E-state index contributed by atoms with van der Waals surface area (Å²) in [4.78, 5) is 16.6. The SMILES string of the molecule is CCCOC(=O)C(C)Sc1nc2cc(Cl)ccc2n1CCOC. The zero-order valence-electron chi connectivity index (χ0n) is 13.5. The van der Waals surface area contributed by atoms with Crippen molar-refractivity contribution in [2.75, 3.05) is 20.3 Å². The number of thioether (sulfide) groups is 1. The van der Waals surface area contributed by atoms with Gasteiger partial charge in [-0.05, 0) is 31.5 Å². The van der Waals surface area contributed by atoms with Crippen molar-refractivity contribution in [2.24, 2.45) is 0 Å². The van der Waals surface area contributed by atoms with Crippen LogP contribution in [0.15, 0.2) is 23.4 Å². The molecule has 0 radical (unpaired) electrons. The molecule has 0 fully saturated rings. The third kappa shape index (κ3) is 4.62. The summed E-state index contributed by atoms with van der Waals surface area (Å²) in [5, 5.41) is 1.08. The van der Waals surface area contributed by atoms with Crippen molar-refractivity contribution in [1.82, 2.24) is 9.55 Å². The maximum atomic E-state index is 12.0. The average molecular weight is 357 g/mol. The number of halogens is 1. The quantitative estimate of drug-likeness (QED) is 0.532. The van der Waals surface area contributed by atoms with Gasteiger partial charge in [-0.15, -0.1) is 0 Å². The van der Waals surface area contributed by atoms with E-state index in [4.69, 9.17) is 21.1 Å². The van der Waals surface area contributed by atoms with E-state index in [2.05, 4.69) is 4.98 Å². The summed E-state index contributed by atoms with van der Waals surface area (Å²) in [6.07, 6.45) is 0.813. The highest BCUT2D eigenvalue weighted by Crippen LogP contribution is 2.29. The van der Waals surface area contributed by atoms with E-state index in [0.29, 0.717) is 24.8 Å². The first-order chi connectivity index (χ1) is 11.1. The van der Waals surface area contributed by atoms with E-state index in [-0.39, 0.29) is 11.2 Å². The molecule has 0 aliphatic carbocycles. The van der Waals surface area contributed by atoms with Crippen molar-refractivity contribution in [1.29, 1.82) is 0 Å². The van der Waals surface area contributed by atoms with Gasteiger partial charge in [0.1, 0.15) is 5.25 Å². The van der Waals surface area contributed by atoms with Crippen molar-refractivity contribution in [3.8, 4) is 0 Å². The van der Waals surface area contributed by atoms with Gasteiger partial charge in [-0.1, -0.05) is 30.3 Å². The molecule has 7 heteroatoms. The van der Waals surface area contributed by atoms with Crippen LogP contribution in [0.2, 0.25) is 5.02 Å². The molecule has 23 heavy (non-hydrogen) atoms. The lowest BCUT2D eigenvalue weighted by Gasteiger charge is -2.12. The smallest absolute Gasteiger partial charge is 0.319 e. The molecule has 0 saturated heterocycles. The van der Waals surface area contributed by atoms with Crippen LogP contribution in [-0.2, 0) is 20.8 Å². The summed E-state index contributed by atoms with van der Waals surface area (Å²) < 4.78 is 12.4. The van der Waals surface area contributed by atoms with Crippen molar-refractivity contribution in [2.45, 2.75) is 37.2 Å². The first kappa shape index (κ1) is 18.1. The fraction of sp³-hybridized carbons (Fsp3) is 0.500. The Kier molecular flexibility index (Phi) is 6.74. The van der Waals surface area contributed by atoms with Gasteiger partial charge in [0, 0.05) is 18.7 Å². The lowest BCUT2D eigenvalue weighted by atomic mass is 10.3. The maximum Gasteiger partial charge on any atom is 0.319 e. The number of hydrogen-bond donors (Lipinski definition) is 0. The molecule has 5 nitrogen and oxygen atoms in total. The van der Waals surface area contributed by atoms with Crippen molar-refractivity contribution >= 4 is 40.4 Å². The van der Waals surface area contributed by atoms with Crippen LogP contribution in [0.5, 0.6) is 0 Å². The van der Waals surface area contributed by atoms with Gasteiger partial charge >= 0.3 is 5.97 Å². The molecule has 0 spiro atoms. The van der Waals surface area contributed by atoms with Gasteiger partial charge in [0.25, 0.3) is 0 Å². The van der Waals surface area contributed by atoms with Crippen LogP contribution < -0.4 is 0 Å². The Morgan fingerprint density at radius 3 is 2.91 bits per heavy atom. The van der Waals surface area contributed by atoms with E-state index < -0.39 is 0 Å². The molecule has 1 atom stereocenters. The minimum atomic E-state index is -0.324. The molecule has 0 saturated carbocycles. The predicted octanol–water partition coefficient (Wildman–Crippen LogP) is 3.77. The number of rotatable bonds is 8. The van der Waals surface area contributed by atoms with Crippen LogP contribution in [0.1, 0.15) is 20.3 Å². The summed E-state index contributed by atoms with van der Waals surface area (Å²) in [5.74, 6) is -0.222. The van der Waals surface area contributed by atoms with Crippen LogP contribution in [0.3, 0.4) is 0 Å². The Balaban J connectivity index is 2.25. The average Bonchev–Trinajstić information content (AvgIpc) is 2.86. The van der Waals surface area contributed by atoms with E-state index in [1.807, 2.05) is 36.6 Å². The summed E-state index contributed by atoms with van der Waals surface area (Å²) >= 11 is 7.43. The predicted molar refractivity (Wildman–Crippen MR) is 93.2 cm³/mol. The molecule has 0 aliphatic heterocycles. The Morgan fingerprint density at radius 2 is 2.22 bits per heavy atom. The number of methoxy groups -OCH3 is 1. The number of carbonyl (C=O) groups excluding carboxylic acids is 1. The molecule has 1 unspecified atom stereocenters. The minimum absolute atomic E-state index is 0.222. The van der Waals surface area contributed by atoms with Crippen molar-refractivity contribution in [3.63, 3.8) is 0 Å². The van der Waals surface area contributed by atoms with Gasteiger partial charge in [0.05, 0.1) is 24.2 Å². The fourth-order valence-electron chi connectivity index (χ4n) is 2.10. The molecule has 1 aromatic carbocycles. The topological polar surface area (TPSA) is 53.3 Å². The number of imidazole rings is 1. The molecule has 0 aliphatic rings. The number of fused-ring (bicyclic) bond motifs is 1. The standard InChI is InChI=1S/C16H21ClN2O3S/c1-4-8-22-15(20)11(2)23-16-18-13-10-12(17)5-6-14(13)19(16)7-9-21-3/h5-6,10-11H,4,7-9H2,1-3H3. The van der Waals surface area contributed by atoms with Gasteiger partial charge < -0.3 is 14.0 Å². The third-order valence-electron chi connectivity index (χ3n) is 3.26.